The molecule has 0 saturated carbocycles. The molecule has 0 amide bonds. The van der Waals surface area contributed by atoms with Gasteiger partial charge in [-0.3, -0.25) is 4.78 Å². The molecule has 0 aromatic rings. The van der Waals surface area contributed by atoms with Gasteiger partial charge in [-0.15, -0.1) is 0 Å². The molecule has 0 saturated heterocycles. The highest BCUT2D eigenvalue weighted by molar-refractivity contribution is 7.66. The molecule has 1 nitrogen and oxygen atoms in total. The van der Waals surface area contributed by atoms with Crippen molar-refractivity contribution in [3.05, 3.63) is 0 Å². The number of hydrogen-bond donors (Lipinski definition) is 2. The fraction of sp³-hybridized carbons (Fsp3) is 1.00. The molecule has 0 aliphatic rings. The lowest BCUT2D eigenvalue weighted by Gasteiger charge is -1.55. The van der Waals surface area contributed by atoms with Gasteiger partial charge < -0.3 is 0 Å². The van der Waals surface area contributed by atoms with E-state index in [0.29, 0.717) is 0 Å². The van der Waals surface area contributed by atoms with Crippen LogP contribution in [0, 0.1) is 4.78 Å². The molecule has 0 radical (unpaired) electrons. The van der Waals surface area contributed by atoms with Gasteiger partial charge in [0.2, 0.25) is 0 Å². The van der Waals surface area contributed by atoms with Crippen LogP contribution < -0.4 is 0 Å². The number of rotatable bonds is 1. The molecule has 1 N–H and O–H groups in total. The maximum Gasteiger partial charge on any atom is 0.142 e. The first-order valence-electron chi connectivity index (χ1n) is 0.807. The molecule has 0 spiro atoms. The van der Waals surface area contributed by atoms with Crippen LogP contribution in [0.25, 0.3) is 0 Å². The Balaban J connectivity index is 2.30. The molecule has 4 heavy (non-hydrogen) atoms. The van der Waals surface area contributed by atoms with E-state index in [0.717, 1.165) is 0 Å². The highest BCUT2D eigenvalue weighted by atomic mass is 32.1. The zero-order valence-electron chi connectivity index (χ0n) is 2.03. The van der Waals surface area contributed by atoms with Crippen molar-refractivity contribution < 1.29 is 4.39 Å². The quantitative estimate of drug-likeness (QED) is 0.429. The predicted molar refractivity (Wildman–Crippen MR) is 17.5 cm³/mol. The molecule has 0 atom stereocenters. The third kappa shape index (κ3) is 2.08. The first-order chi connectivity index (χ1) is 1.91. The number of thiol groups is 1. The summed E-state index contributed by atoms with van der Waals surface area (Å²) in [4.78, 5) is 0. The minimum Gasteiger partial charge on any atom is -0.281 e. The zero-order chi connectivity index (χ0) is 3.41. The van der Waals surface area contributed by atoms with Crippen molar-refractivity contribution in [2.24, 2.45) is 0 Å². The van der Waals surface area contributed by atoms with Gasteiger partial charge >= 0.3 is 0 Å². The van der Waals surface area contributed by atoms with Gasteiger partial charge in [0.15, 0.2) is 0 Å². The average molecular weight is 81.1 g/mol. The Morgan fingerprint density at radius 3 is 2.25 bits per heavy atom. The van der Waals surface area contributed by atoms with Gasteiger partial charge in [-0.25, -0.2) is 4.39 Å². The van der Waals surface area contributed by atoms with Gasteiger partial charge in [0.25, 0.3) is 0 Å². The van der Waals surface area contributed by atoms with Gasteiger partial charge in [0, 0.05) is 0 Å². The Hall–Kier alpha value is 0.0800. The first-order valence-corrected chi connectivity index (χ1v) is 1.89. The Bertz CT molecular complexity index is 22.0. The summed E-state index contributed by atoms with van der Waals surface area (Å²) in [5.41, 5.74) is 0. The highest BCUT2D eigenvalue weighted by Gasteiger charge is 1.49. The van der Waals surface area contributed by atoms with Crippen LogP contribution in [0.15, 0.2) is 0 Å². The lowest BCUT2D eigenvalue weighted by molar-refractivity contribution is 0.605. The molecule has 0 aromatic heterocycles. The topological polar surface area (TPSA) is 23.9 Å². The Morgan fingerprint density at radius 1 is 2.00 bits per heavy atom. The molecular formula is CH4FNS. The van der Waals surface area contributed by atoms with Crippen molar-refractivity contribution >= 4 is 11.6 Å². The summed E-state index contributed by atoms with van der Waals surface area (Å²) in [6.45, 7) is 0. The molecule has 0 aromatic carbocycles. The van der Waals surface area contributed by atoms with E-state index >= 15 is 0 Å². The molecule has 0 aliphatic carbocycles. The van der Waals surface area contributed by atoms with Crippen molar-refractivity contribution in [2.45, 2.75) is 0 Å². The fourth-order valence-electron chi connectivity index (χ4n) is 0. The van der Waals surface area contributed by atoms with Crippen LogP contribution in [0.1, 0.15) is 0 Å². The molecule has 26 valence electrons. The van der Waals surface area contributed by atoms with Crippen molar-refractivity contribution in [1.29, 1.82) is 4.78 Å². The van der Waals surface area contributed by atoms with E-state index in [4.69, 9.17) is 4.78 Å². The van der Waals surface area contributed by atoms with Gasteiger partial charge in [0.05, 0.1) is 0 Å². The molecule has 0 bridgehead atoms. The van der Waals surface area contributed by atoms with Crippen molar-refractivity contribution in [2.75, 3.05) is 6.01 Å². The molecule has 0 fully saturated rings. The Morgan fingerprint density at radius 2 is 2.25 bits per heavy atom. The van der Waals surface area contributed by atoms with Crippen LogP contribution in [-0.4, -0.2) is 6.01 Å². The minimum absolute atomic E-state index is 0.0818. The fourth-order valence-corrected chi connectivity index (χ4v) is 0. The standard InChI is InChI=1S/CH4FNS/c2-1-4-3/h3-4H,1H2. The molecular weight excluding hydrogens is 77.1 g/mol. The van der Waals surface area contributed by atoms with Crippen molar-refractivity contribution in [3.63, 3.8) is 0 Å². The zero-order valence-corrected chi connectivity index (χ0v) is 2.93. The average Bonchev–Trinajstić information content (AvgIpc) is 1.37. The highest BCUT2D eigenvalue weighted by Crippen LogP contribution is 1.53. The van der Waals surface area contributed by atoms with Gasteiger partial charge in [0.1, 0.15) is 6.01 Å². The summed E-state index contributed by atoms with van der Waals surface area (Å²) in [6.07, 6.45) is 0. The lowest BCUT2D eigenvalue weighted by Crippen LogP contribution is -1.53. The largest absolute Gasteiger partial charge is 0.281 e. The maximum atomic E-state index is 10.5. The number of hydrogen-bond acceptors (Lipinski definition) is 1. The Labute approximate surface area is 27.8 Å². The van der Waals surface area contributed by atoms with Crippen LogP contribution >= 0.6 is 0 Å². The van der Waals surface area contributed by atoms with E-state index in [-0.39, 0.29) is 11.6 Å². The van der Waals surface area contributed by atoms with Crippen LogP contribution in [0.4, 0.5) is 4.39 Å². The van der Waals surface area contributed by atoms with Gasteiger partial charge in [-0.05, 0) is 0 Å². The van der Waals surface area contributed by atoms with E-state index < -0.39 is 6.01 Å². The second-order valence-electron chi connectivity index (χ2n) is 0.278. The molecule has 0 aliphatic heterocycles. The maximum absolute atomic E-state index is 10.5. The van der Waals surface area contributed by atoms with E-state index in [1.54, 1.807) is 0 Å². The van der Waals surface area contributed by atoms with E-state index in [1.165, 1.54) is 0 Å². The summed E-state index contributed by atoms with van der Waals surface area (Å²) in [5.74, 6) is 0. The summed E-state index contributed by atoms with van der Waals surface area (Å²) in [7, 11) is 0. The molecule has 0 rings (SSSR count). The van der Waals surface area contributed by atoms with Crippen LogP contribution in [-0.2, 0) is 11.6 Å². The van der Waals surface area contributed by atoms with Crippen LogP contribution in [0.3, 0.4) is 0 Å². The summed E-state index contributed by atoms with van der Waals surface area (Å²) in [5, 5.41) is 0. The second-order valence-corrected chi connectivity index (χ2v) is 0.833. The summed E-state index contributed by atoms with van der Waals surface area (Å²) in [6, 6.07) is -0.542. The number of alkyl halides is 1. The molecule has 0 heterocycles. The van der Waals surface area contributed by atoms with Crippen LogP contribution in [0.2, 0.25) is 0 Å². The monoisotopic (exact) mass is 81.0 g/mol. The number of nitrogens with one attached hydrogen (secondary N) is 1. The van der Waals surface area contributed by atoms with Crippen LogP contribution in [0.5, 0.6) is 0 Å². The SMILES string of the molecule is N=[SH]CF. The second kappa shape index (κ2) is 3.08. The summed E-state index contributed by atoms with van der Waals surface area (Å²) >= 11 is 0.0818. The van der Waals surface area contributed by atoms with E-state index in [1.807, 2.05) is 0 Å². The van der Waals surface area contributed by atoms with Crippen molar-refractivity contribution in [1.82, 2.24) is 0 Å². The third-order valence-electron chi connectivity index (χ3n) is 0.0598. The molecule has 0 unspecified atom stereocenters. The van der Waals surface area contributed by atoms with Gasteiger partial charge in [-0.1, -0.05) is 11.6 Å². The number of halogens is 1. The smallest absolute Gasteiger partial charge is 0.142 e. The van der Waals surface area contributed by atoms with Gasteiger partial charge in [-0.2, -0.15) is 0 Å². The predicted octanol–water partition coefficient (Wildman–Crippen LogP) is 0.491. The first kappa shape index (κ1) is 4.08. The normalized spacial score (nSPS) is 7.25. The lowest BCUT2D eigenvalue weighted by atomic mass is 11.8. The van der Waals surface area contributed by atoms with Crippen molar-refractivity contribution in [3.8, 4) is 0 Å². The minimum atomic E-state index is -0.542. The van der Waals surface area contributed by atoms with E-state index in [2.05, 4.69) is 0 Å². The summed E-state index contributed by atoms with van der Waals surface area (Å²) < 4.78 is 16.6. The molecule has 3 heteroatoms. The third-order valence-corrected chi connectivity index (χ3v) is 0.179. The Kier molecular flexibility index (Phi) is 3.14. The van der Waals surface area contributed by atoms with E-state index in [9.17, 15) is 4.39 Å².